The van der Waals surface area contributed by atoms with Crippen LogP contribution in [0.5, 0.6) is 11.5 Å². The summed E-state index contributed by atoms with van der Waals surface area (Å²) in [7, 11) is -2.30. The molecule has 1 amide bonds. The summed E-state index contributed by atoms with van der Waals surface area (Å²) in [6.07, 6.45) is 3.79. The Labute approximate surface area is 274 Å². The lowest BCUT2D eigenvalue weighted by molar-refractivity contribution is 0.0892. The van der Waals surface area contributed by atoms with Crippen LogP contribution in [0.2, 0.25) is 0 Å². The number of hydrogen-bond donors (Lipinski definition) is 3. The van der Waals surface area contributed by atoms with Gasteiger partial charge in [0.25, 0.3) is 5.91 Å². The minimum absolute atomic E-state index is 0.0539. The predicted octanol–water partition coefficient (Wildman–Crippen LogP) is 6.11. The number of sulfonamides is 1. The molecule has 0 radical (unpaired) electrons. The van der Waals surface area contributed by atoms with Crippen LogP contribution in [0.25, 0.3) is 22.0 Å². The topological polar surface area (TPSA) is 140 Å². The van der Waals surface area contributed by atoms with Gasteiger partial charge in [0, 0.05) is 18.7 Å². The Balaban J connectivity index is 1.48. The SMILES string of the molecule is COC[C@H](Cc1ccc(O)cc1)NC(=O)c1cc(NS(=O)(=O)C(C)(C)C)c2cc(-c3cccc(COc4cccnc4)c3)ccc2n1. The molecule has 0 saturated carbocycles. The zero-order valence-corrected chi connectivity index (χ0v) is 27.5. The summed E-state index contributed by atoms with van der Waals surface area (Å²) in [5.74, 6) is 0.339. The van der Waals surface area contributed by atoms with Gasteiger partial charge in [-0.05, 0) is 98.0 Å². The average molecular weight is 655 g/mol. The number of benzene rings is 3. The molecule has 0 saturated heterocycles. The van der Waals surface area contributed by atoms with Crippen LogP contribution in [-0.4, -0.2) is 53.9 Å². The molecule has 2 heterocycles. The maximum atomic E-state index is 13.6. The fourth-order valence-electron chi connectivity index (χ4n) is 4.87. The first-order valence-corrected chi connectivity index (χ1v) is 16.6. The molecule has 5 rings (SSSR count). The predicted molar refractivity (Wildman–Crippen MR) is 183 cm³/mol. The first kappa shape index (κ1) is 33.4. The highest BCUT2D eigenvalue weighted by Crippen LogP contribution is 2.32. The van der Waals surface area contributed by atoms with Crippen molar-refractivity contribution in [3.05, 3.63) is 114 Å². The summed E-state index contributed by atoms with van der Waals surface area (Å²) in [4.78, 5) is 22.3. The highest BCUT2D eigenvalue weighted by molar-refractivity contribution is 7.94. The summed E-state index contributed by atoms with van der Waals surface area (Å²) in [6, 6.07) is 24.8. The smallest absolute Gasteiger partial charge is 0.270 e. The van der Waals surface area contributed by atoms with E-state index in [0.717, 1.165) is 22.3 Å². The number of aromatic hydroxyl groups is 1. The van der Waals surface area contributed by atoms with E-state index in [4.69, 9.17) is 9.47 Å². The largest absolute Gasteiger partial charge is 0.508 e. The quantitative estimate of drug-likeness (QED) is 0.147. The molecule has 0 spiro atoms. The number of carbonyl (C=O) groups excluding carboxylic acids is 1. The van der Waals surface area contributed by atoms with Crippen LogP contribution in [0.4, 0.5) is 5.69 Å². The van der Waals surface area contributed by atoms with E-state index < -0.39 is 26.7 Å². The van der Waals surface area contributed by atoms with Gasteiger partial charge in [-0.25, -0.2) is 13.4 Å². The third-order valence-electron chi connectivity index (χ3n) is 7.51. The molecule has 5 aromatic rings. The number of carbonyl (C=O) groups is 1. The van der Waals surface area contributed by atoms with E-state index in [-0.39, 0.29) is 23.7 Å². The number of amides is 1. The van der Waals surface area contributed by atoms with Crippen molar-refractivity contribution in [2.75, 3.05) is 18.4 Å². The highest BCUT2D eigenvalue weighted by Gasteiger charge is 2.30. The molecule has 0 aliphatic heterocycles. The number of hydrogen-bond acceptors (Lipinski definition) is 8. The highest BCUT2D eigenvalue weighted by atomic mass is 32.2. The molecule has 2 aromatic heterocycles. The molecule has 1 atom stereocenters. The van der Waals surface area contributed by atoms with Crippen molar-refractivity contribution in [3.8, 4) is 22.6 Å². The van der Waals surface area contributed by atoms with Gasteiger partial charge in [0.05, 0.1) is 34.8 Å². The van der Waals surface area contributed by atoms with Gasteiger partial charge in [-0.2, -0.15) is 0 Å². The van der Waals surface area contributed by atoms with Crippen molar-refractivity contribution < 1.29 is 27.8 Å². The van der Waals surface area contributed by atoms with Gasteiger partial charge in [-0.1, -0.05) is 36.4 Å². The first-order valence-electron chi connectivity index (χ1n) is 15.1. The first-order chi connectivity index (χ1) is 22.4. The number of ether oxygens (including phenoxy) is 2. The normalized spacial score (nSPS) is 12.4. The second-order valence-electron chi connectivity index (χ2n) is 12.2. The van der Waals surface area contributed by atoms with Crippen molar-refractivity contribution in [1.82, 2.24) is 15.3 Å². The second-order valence-corrected chi connectivity index (χ2v) is 14.6. The van der Waals surface area contributed by atoms with Crippen molar-refractivity contribution in [2.24, 2.45) is 0 Å². The summed E-state index contributed by atoms with van der Waals surface area (Å²) in [5.41, 5.74) is 4.34. The Kier molecular flexibility index (Phi) is 10.1. The van der Waals surface area contributed by atoms with Gasteiger partial charge in [-0.15, -0.1) is 0 Å². The van der Waals surface area contributed by atoms with Gasteiger partial charge in [0.1, 0.15) is 23.8 Å². The number of phenolic OH excluding ortho intramolecular Hbond substituents is 1. The Morgan fingerprint density at radius 1 is 0.936 bits per heavy atom. The zero-order valence-electron chi connectivity index (χ0n) is 26.7. The van der Waals surface area contributed by atoms with Crippen LogP contribution in [0, 0.1) is 0 Å². The maximum Gasteiger partial charge on any atom is 0.270 e. The monoisotopic (exact) mass is 654 g/mol. The molecule has 0 unspecified atom stereocenters. The number of pyridine rings is 2. The number of nitrogens with zero attached hydrogens (tertiary/aromatic N) is 2. The molecule has 47 heavy (non-hydrogen) atoms. The number of rotatable bonds is 12. The van der Waals surface area contributed by atoms with Crippen LogP contribution in [-0.2, 0) is 27.8 Å². The third kappa shape index (κ3) is 8.43. The van der Waals surface area contributed by atoms with Crippen molar-refractivity contribution in [1.29, 1.82) is 0 Å². The lowest BCUT2D eigenvalue weighted by atomic mass is 10.0. The molecule has 10 nitrogen and oxygen atoms in total. The van der Waals surface area contributed by atoms with Gasteiger partial charge >= 0.3 is 0 Å². The molecule has 0 bridgehead atoms. The Hall–Kier alpha value is -5.00. The van der Waals surface area contributed by atoms with Crippen molar-refractivity contribution in [2.45, 2.75) is 44.6 Å². The lowest BCUT2D eigenvalue weighted by Gasteiger charge is -2.22. The van der Waals surface area contributed by atoms with Gasteiger partial charge in [0.15, 0.2) is 0 Å². The maximum absolute atomic E-state index is 13.6. The molecule has 0 aliphatic carbocycles. The molecule has 0 fully saturated rings. The van der Waals surface area contributed by atoms with Crippen LogP contribution < -0.4 is 14.8 Å². The van der Waals surface area contributed by atoms with E-state index in [0.29, 0.717) is 29.7 Å². The summed E-state index contributed by atoms with van der Waals surface area (Å²) in [5, 5.41) is 13.1. The van der Waals surface area contributed by atoms with Gasteiger partial charge in [0.2, 0.25) is 10.0 Å². The molecular formula is C36H38N4O6S. The number of methoxy groups -OCH3 is 1. The van der Waals surface area contributed by atoms with Crippen LogP contribution in [0.15, 0.2) is 97.3 Å². The molecule has 3 aromatic carbocycles. The van der Waals surface area contributed by atoms with E-state index in [1.165, 1.54) is 6.07 Å². The lowest BCUT2D eigenvalue weighted by Crippen LogP contribution is -2.40. The second kappa shape index (κ2) is 14.2. The van der Waals surface area contributed by atoms with Gasteiger partial charge < -0.3 is 19.9 Å². The van der Waals surface area contributed by atoms with Crippen LogP contribution >= 0.6 is 0 Å². The summed E-state index contributed by atoms with van der Waals surface area (Å²) in [6.45, 7) is 5.40. The minimum atomic E-state index is -3.85. The van der Waals surface area contributed by atoms with E-state index in [9.17, 15) is 18.3 Å². The number of nitrogens with one attached hydrogen (secondary N) is 2. The van der Waals surface area contributed by atoms with Crippen molar-refractivity contribution in [3.63, 3.8) is 0 Å². The zero-order chi connectivity index (χ0) is 33.6. The number of phenols is 1. The number of fused-ring (bicyclic) bond motifs is 1. The summed E-state index contributed by atoms with van der Waals surface area (Å²) < 4.78 is 39.5. The molecule has 0 aliphatic rings. The molecular weight excluding hydrogens is 616 g/mol. The molecule has 3 N–H and O–H groups in total. The average Bonchev–Trinajstić information content (AvgIpc) is 3.04. The van der Waals surface area contributed by atoms with Gasteiger partial charge in [-0.3, -0.25) is 14.5 Å². The Morgan fingerprint density at radius 2 is 1.70 bits per heavy atom. The molecule has 11 heteroatoms. The van der Waals surface area contributed by atoms with Crippen molar-refractivity contribution >= 4 is 32.5 Å². The Morgan fingerprint density at radius 3 is 2.40 bits per heavy atom. The Bertz CT molecular complexity index is 1960. The summed E-state index contributed by atoms with van der Waals surface area (Å²) >= 11 is 0. The fourth-order valence-corrected chi connectivity index (χ4v) is 5.64. The van der Waals surface area contributed by atoms with Crippen LogP contribution in [0.1, 0.15) is 42.4 Å². The van der Waals surface area contributed by atoms with E-state index >= 15 is 0 Å². The standard InChI is InChI=1S/C36H38N4O6S/c1-36(2,3)47(43,44)40-33-20-34(35(42)38-28(23-45-4)18-24-10-13-29(41)14-11-24)39-32-15-12-27(19-31(32)33)26-8-5-7-25(17-26)22-46-30-9-6-16-37-21-30/h5-17,19-21,28,41H,18,22-23H2,1-4H3,(H,38,42)(H,39,40)/t28-/m0/s1. The van der Waals surface area contributed by atoms with E-state index in [1.807, 2.05) is 48.5 Å². The number of aromatic nitrogens is 2. The third-order valence-corrected chi connectivity index (χ3v) is 9.61. The number of anilines is 1. The van der Waals surface area contributed by atoms with E-state index in [1.54, 1.807) is 70.6 Å². The van der Waals surface area contributed by atoms with Crippen LogP contribution in [0.3, 0.4) is 0 Å². The minimum Gasteiger partial charge on any atom is -0.508 e. The molecule has 244 valence electrons. The van der Waals surface area contributed by atoms with E-state index in [2.05, 4.69) is 20.0 Å². The fraction of sp³-hybridized carbons (Fsp3) is 0.250.